The van der Waals surface area contributed by atoms with Crippen LogP contribution in [0.3, 0.4) is 0 Å². The second-order valence-electron chi connectivity index (χ2n) is 5.54. The van der Waals surface area contributed by atoms with Crippen molar-refractivity contribution < 1.29 is 5.11 Å². The third-order valence-corrected chi connectivity index (χ3v) is 4.61. The number of benzene rings is 1. The molecule has 1 saturated carbocycles. The van der Waals surface area contributed by atoms with Crippen molar-refractivity contribution in [1.29, 1.82) is 0 Å². The molecular weight excluding hydrogens is 220 g/mol. The van der Waals surface area contributed by atoms with Crippen molar-refractivity contribution in [2.45, 2.75) is 24.9 Å². The van der Waals surface area contributed by atoms with Gasteiger partial charge in [-0.2, -0.15) is 0 Å². The number of hydrogen-bond acceptors (Lipinski definition) is 1. The molecule has 1 aromatic carbocycles. The molecule has 1 unspecified atom stereocenters. The largest absolute Gasteiger partial charge is 0.392 e. The lowest BCUT2D eigenvalue weighted by atomic mass is 9.76. The first-order valence-electron chi connectivity index (χ1n) is 6.83. The quantitative estimate of drug-likeness (QED) is 0.784. The van der Waals surface area contributed by atoms with Crippen LogP contribution in [-0.2, 0) is 0 Å². The summed E-state index contributed by atoms with van der Waals surface area (Å²) in [5, 5.41) is 10.3. The molecule has 0 spiro atoms. The highest BCUT2D eigenvalue weighted by Gasteiger charge is 2.45. The third-order valence-electron chi connectivity index (χ3n) is 4.61. The van der Waals surface area contributed by atoms with Crippen LogP contribution in [-0.4, -0.2) is 11.2 Å². The van der Waals surface area contributed by atoms with Crippen LogP contribution in [0.15, 0.2) is 55.1 Å². The van der Waals surface area contributed by atoms with Crippen LogP contribution >= 0.6 is 0 Å². The van der Waals surface area contributed by atoms with Gasteiger partial charge in [-0.15, -0.1) is 6.58 Å². The molecule has 0 bridgehead atoms. The predicted molar refractivity (Wildman–Crippen MR) is 74.2 cm³/mol. The van der Waals surface area contributed by atoms with Crippen LogP contribution in [0.2, 0.25) is 0 Å². The lowest BCUT2D eigenvalue weighted by Gasteiger charge is -2.31. The van der Waals surface area contributed by atoms with Gasteiger partial charge >= 0.3 is 0 Å². The minimum absolute atomic E-state index is 0.199. The van der Waals surface area contributed by atoms with Gasteiger partial charge in [-0.1, -0.05) is 48.6 Å². The van der Waals surface area contributed by atoms with E-state index in [9.17, 15) is 5.11 Å². The van der Waals surface area contributed by atoms with Gasteiger partial charge < -0.3 is 5.11 Å². The normalized spacial score (nSPS) is 38.4. The maximum atomic E-state index is 10.3. The number of aliphatic hydroxyl groups excluding tert-OH is 1. The van der Waals surface area contributed by atoms with Crippen LogP contribution in [0, 0.1) is 17.8 Å². The minimum Gasteiger partial charge on any atom is -0.392 e. The van der Waals surface area contributed by atoms with Crippen molar-refractivity contribution >= 4 is 0 Å². The van der Waals surface area contributed by atoms with Gasteiger partial charge in [0.25, 0.3) is 0 Å². The molecule has 1 nitrogen and oxygen atoms in total. The smallest absolute Gasteiger partial charge is 0.0614 e. The Morgan fingerprint density at radius 2 is 2.00 bits per heavy atom. The van der Waals surface area contributed by atoms with E-state index in [2.05, 4.69) is 55.1 Å². The maximum Gasteiger partial charge on any atom is 0.0614 e. The first kappa shape index (κ1) is 11.7. The first-order valence-corrected chi connectivity index (χ1v) is 6.83. The van der Waals surface area contributed by atoms with Gasteiger partial charge in [0.1, 0.15) is 0 Å². The van der Waals surface area contributed by atoms with Gasteiger partial charge in [0.15, 0.2) is 0 Å². The Hall–Kier alpha value is -1.34. The van der Waals surface area contributed by atoms with Crippen LogP contribution in [0.25, 0.3) is 0 Å². The zero-order valence-corrected chi connectivity index (χ0v) is 10.6. The highest BCUT2D eigenvalue weighted by molar-refractivity contribution is 5.27. The molecule has 0 saturated heterocycles. The highest BCUT2D eigenvalue weighted by atomic mass is 16.3. The number of aliphatic hydroxyl groups is 1. The zero-order chi connectivity index (χ0) is 12.5. The molecular formula is C17H20O. The highest BCUT2D eigenvalue weighted by Crippen LogP contribution is 2.52. The Morgan fingerprint density at radius 1 is 1.22 bits per heavy atom. The average molecular weight is 240 g/mol. The number of allylic oxidation sites excluding steroid dienone is 2. The van der Waals surface area contributed by atoms with Crippen LogP contribution in [0.1, 0.15) is 24.3 Å². The fourth-order valence-corrected chi connectivity index (χ4v) is 3.84. The summed E-state index contributed by atoms with van der Waals surface area (Å²) in [5.41, 5.74) is 1.35. The van der Waals surface area contributed by atoms with E-state index >= 15 is 0 Å². The van der Waals surface area contributed by atoms with Crippen molar-refractivity contribution in [3.8, 4) is 0 Å². The Labute approximate surface area is 109 Å². The van der Waals surface area contributed by atoms with E-state index in [4.69, 9.17) is 0 Å². The van der Waals surface area contributed by atoms with E-state index in [0.29, 0.717) is 23.7 Å². The summed E-state index contributed by atoms with van der Waals surface area (Å²) in [7, 11) is 0. The lowest BCUT2D eigenvalue weighted by molar-refractivity contribution is 0.0810. The fourth-order valence-electron chi connectivity index (χ4n) is 3.84. The van der Waals surface area contributed by atoms with E-state index in [0.717, 1.165) is 12.8 Å². The second-order valence-corrected chi connectivity index (χ2v) is 5.54. The minimum atomic E-state index is -0.199. The Kier molecular flexibility index (Phi) is 3.09. The number of rotatable bonds is 2. The Balaban J connectivity index is 1.99. The van der Waals surface area contributed by atoms with Gasteiger partial charge in [-0.3, -0.25) is 0 Å². The monoisotopic (exact) mass is 240 g/mol. The Morgan fingerprint density at radius 3 is 2.72 bits per heavy atom. The number of fused-ring (bicyclic) bond motifs is 1. The summed E-state index contributed by atoms with van der Waals surface area (Å²) < 4.78 is 0. The van der Waals surface area contributed by atoms with Crippen LogP contribution < -0.4 is 0 Å². The standard InChI is InChI=1S/C17H20O/c1-2-12-11-14-9-6-10-15(18)17(14)16(12)13-7-4-3-5-8-13/h2-9,12,14-18H,1,10-11H2/t12-,14+,15?,16-,17-/m0/s1. The summed E-state index contributed by atoms with van der Waals surface area (Å²) in [6.07, 6.45) is 8.25. The lowest BCUT2D eigenvalue weighted by Crippen LogP contribution is -2.30. The molecule has 0 aromatic heterocycles. The topological polar surface area (TPSA) is 20.2 Å². The molecule has 1 heteroatoms. The Bertz CT molecular complexity index is 448. The molecule has 1 aromatic rings. The first-order chi connectivity index (χ1) is 8.81. The van der Waals surface area contributed by atoms with Crippen LogP contribution in [0.4, 0.5) is 0 Å². The zero-order valence-electron chi connectivity index (χ0n) is 10.6. The van der Waals surface area contributed by atoms with Crippen molar-refractivity contribution in [2.75, 3.05) is 0 Å². The van der Waals surface area contributed by atoms with E-state index in [1.807, 2.05) is 0 Å². The molecule has 5 atom stereocenters. The SMILES string of the molecule is C=C[C@H]1C[C@H]2C=CCC(O)[C@H]2[C@@H]1c1ccccc1. The number of hydrogen-bond donors (Lipinski definition) is 1. The van der Waals surface area contributed by atoms with Gasteiger partial charge in [0, 0.05) is 0 Å². The van der Waals surface area contributed by atoms with Crippen molar-refractivity contribution in [2.24, 2.45) is 17.8 Å². The second kappa shape index (κ2) is 4.74. The molecule has 0 heterocycles. The van der Waals surface area contributed by atoms with Gasteiger partial charge in [-0.05, 0) is 42.1 Å². The summed E-state index contributed by atoms with van der Waals surface area (Å²) >= 11 is 0. The molecule has 1 fully saturated rings. The van der Waals surface area contributed by atoms with E-state index in [1.54, 1.807) is 0 Å². The molecule has 3 rings (SSSR count). The molecule has 0 amide bonds. The van der Waals surface area contributed by atoms with Crippen molar-refractivity contribution in [3.05, 3.63) is 60.7 Å². The fraction of sp³-hybridized carbons (Fsp3) is 0.412. The van der Waals surface area contributed by atoms with E-state index in [1.165, 1.54) is 5.56 Å². The van der Waals surface area contributed by atoms with E-state index < -0.39 is 0 Å². The summed E-state index contributed by atoms with van der Waals surface area (Å²) in [4.78, 5) is 0. The van der Waals surface area contributed by atoms with E-state index in [-0.39, 0.29) is 6.10 Å². The molecule has 2 aliphatic carbocycles. The van der Waals surface area contributed by atoms with Crippen LogP contribution in [0.5, 0.6) is 0 Å². The molecule has 0 aliphatic heterocycles. The summed E-state index contributed by atoms with van der Waals surface area (Å²) in [5.74, 6) is 1.79. The van der Waals surface area contributed by atoms with Gasteiger partial charge in [0.2, 0.25) is 0 Å². The molecule has 2 aliphatic rings. The maximum absolute atomic E-state index is 10.3. The average Bonchev–Trinajstić information content (AvgIpc) is 2.79. The van der Waals surface area contributed by atoms with Gasteiger partial charge in [0.05, 0.1) is 6.10 Å². The molecule has 94 valence electrons. The van der Waals surface area contributed by atoms with Crippen molar-refractivity contribution in [3.63, 3.8) is 0 Å². The molecule has 0 radical (unpaired) electrons. The molecule has 18 heavy (non-hydrogen) atoms. The summed E-state index contributed by atoms with van der Waals surface area (Å²) in [6, 6.07) is 10.6. The summed E-state index contributed by atoms with van der Waals surface area (Å²) in [6.45, 7) is 4.00. The van der Waals surface area contributed by atoms with Crippen molar-refractivity contribution in [1.82, 2.24) is 0 Å². The predicted octanol–water partition coefficient (Wildman–Crippen LogP) is 3.53. The third kappa shape index (κ3) is 1.83. The molecule has 1 N–H and O–H groups in total. The van der Waals surface area contributed by atoms with Gasteiger partial charge in [-0.25, -0.2) is 0 Å².